The fraction of sp³-hybridized carbons (Fsp3) is 0.617. The number of rotatable bonds is 10. The second-order valence-corrected chi connectivity index (χ2v) is 19.0. The number of pyridine rings is 2. The molecule has 2 aromatic rings. The predicted molar refractivity (Wildman–Crippen MR) is 229 cm³/mol. The van der Waals surface area contributed by atoms with Crippen LogP contribution in [0, 0.1) is 29.1 Å². The Hall–Kier alpha value is -6.22. The second kappa shape index (κ2) is 18.7. The minimum Gasteiger partial charge on any atom is -0.464 e. The van der Waals surface area contributed by atoms with E-state index in [0.717, 1.165) is 50.6 Å². The number of hydrogen-bond donors (Lipinski definition) is 1. The highest BCUT2D eigenvalue weighted by Crippen LogP contribution is 2.70. The molecule has 4 bridgehead atoms. The van der Waals surface area contributed by atoms with Gasteiger partial charge in [-0.2, -0.15) is 0 Å². The molecule has 6 rings (SSSR count). The molecule has 0 aromatic carbocycles. The molecule has 21 nitrogen and oxygen atoms in total. The van der Waals surface area contributed by atoms with Crippen molar-refractivity contribution in [3.8, 4) is 0 Å². The highest BCUT2D eigenvalue weighted by molar-refractivity contribution is 5.91. The highest BCUT2D eigenvalue weighted by atomic mass is 16.7. The topological polar surface area (TPSA) is 275 Å². The Morgan fingerprint density at radius 1 is 0.809 bits per heavy atom. The maximum Gasteiger partial charge on any atom is 0.340 e. The van der Waals surface area contributed by atoms with Crippen LogP contribution in [0.4, 0.5) is 0 Å². The summed E-state index contributed by atoms with van der Waals surface area (Å²) in [5, 5.41) is 13.9. The van der Waals surface area contributed by atoms with Gasteiger partial charge in [-0.1, -0.05) is 41.5 Å². The first-order chi connectivity index (χ1) is 31.7. The molecular weight excluding hydrogens is 897 g/mol. The molecule has 1 saturated heterocycles. The monoisotopic (exact) mass is 954 g/mol. The maximum absolute atomic E-state index is 14.8. The van der Waals surface area contributed by atoms with E-state index < -0.39 is 155 Å². The third kappa shape index (κ3) is 8.51. The molecule has 2 aliphatic heterocycles. The Kier molecular flexibility index (Phi) is 14.1. The summed E-state index contributed by atoms with van der Waals surface area (Å²) in [5.74, 6) is -13.8. The van der Waals surface area contributed by atoms with Gasteiger partial charge < -0.3 is 52.3 Å². The average Bonchev–Trinajstić information content (AvgIpc) is 3.48. The zero-order chi connectivity index (χ0) is 50.6. The standard InChI is InChI=1S/C47H58N2O19/c1-21(2)39(54)61-20-46-37(63-26(8)51)33(65-40(55)22(3)4)32-35(62-25(7)50)47(46)45(11,59)36(34(38(46)64-27(9)52)66-42(57)28-13-14-31(53)49(12)18-28)67-41(56)24(6)23(5)29-15-16-48-17-30(29)43(58)60-19-44(32,10)68-47/h13-18,21-24,32-38,59H,19-20H2,1-12H3/t23?,24?,32-,33-,34+,35-,36+,37-,38+,44+,45+,46-,47+/m1/s1. The highest BCUT2D eigenvalue weighted by Gasteiger charge is 2.92. The van der Waals surface area contributed by atoms with E-state index in [2.05, 4.69) is 4.98 Å². The van der Waals surface area contributed by atoms with Crippen molar-refractivity contribution in [1.82, 2.24) is 9.55 Å². The largest absolute Gasteiger partial charge is 0.464 e. The van der Waals surface area contributed by atoms with Crippen molar-refractivity contribution >= 4 is 47.8 Å². The van der Waals surface area contributed by atoms with E-state index in [0.29, 0.717) is 0 Å². The Morgan fingerprint density at radius 2 is 1.40 bits per heavy atom. The van der Waals surface area contributed by atoms with Crippen LogP contribution in [0.3, 0.4) is 0 Å². The summed E-state index contributed by atoms with van der Waals surface area (Å²) in [6.07, 6.45) is -8.95. The number of cyclic esters (lactones) is 1. The van der Waals surface area contributed by atoms with Crippen LogP contribution in [0.25, 0.3) is 0 Å². The van der Waals surface area contributed by atoms with Gasteiger partial charge in [0.1, 0.15) is 42.0 Å². The van der Waals surface area contributed by atoms with Crippen molar-refractivity contribution in [3.05, 3.63) is 63.8 Å². The SMILES string of the molecule is CC(=O)O[C@@H]1[C@H](OC(=O)C(C)C)[C@@H]2[C@@H](OC(C)=O)[C@@]34O[C@@]2(C)COC(=O)c2cnccc2C(C)C(C)C(=O)O[C@@H]([C@H](OC(=O)c2ccc(=O)n(C)c2)[C@H](OC(C)=O)[C@@]13COC(=O)C(C)C)[C@]4(C)O. The molecule has 3 fully saturated rings. The molecule has 4 heterocycles. The summed E-state index contributed by atoms with van der Waals surface area (Å²) >= 11 is 0. The van der Waals surface area contributed by atoms with Crippen LogP contribution >= 0.6 is 0 Å². The first kappa shape index (κ1) is 51.2. The molecule has 2 saturated carbocycles. The first-order valence-electron chi connectivity index (χ1n) is 22.2. The van der Waals surface area contributed by atoms with Crippen molar-refractivity contribution in [2.24, 2.45) is 36.1 Å². The van der Waals surface area contributed by atoms with E-state index in [4.69, 9.17) is 42.6 Å². The van der Waals surface area contributed by atoms with Gasteiger partial charge in [-0.15, -0.1) is 0 Å². The molecule has 1 N–H and O–H groups in total. The van der Waals surface area contributed by atoms with Crippen molar-refractivity contribution in [2.75, 3.05) is 13.2 Å². The Labute approximate surface area is 391 Å². The normalized spacial score (nSPS) is 34.1. The number of aliphatic hydroxyl groups is 1. The van der Waals surface area contributed by atoms with Gasteiger partial charge in [-0.05, 0) is 37.5 Å². The molecule has 4 aliphatic rings. The van der Waals surface area contributed by atoms with Gasteiger partial charge >= 0.3 is 47.8 Å². The summed E-state index contributed by atoms with van der Waals surface area (Å²) in [4.78, 5) is 129. The number of carbonyl (C=O) groups is 8. The number of carbonyl (C=O) groups excluding carboxylic acids is 8. The number of fused-ring (bicyclic) bond motifs is 5. The smallest absolute Gasteiger partial charge is 0.340 e. The fourth-order valence-corrected chi connectivity index (χ4v) is 10.2. The summed E-state index contributed by atoms with van der Waals surface area (Å²) in [5.41, 5.74) is -11.2. The Morgan fingerprint density at radius 3 is 1.97 bits per heavy atom. The van der Waals surface area contributed by atoms with Crippen LogP contribution in [0.15, 0.2) is 41.6 Å². The van der Waals surface area contributed by atoms with Crippen molar-refractivity contribution in [1.29, 1.82) is 0 Å². The van der Waals surface area contributed by atoms with Crippen molar-refractivity contribution < 1.29 is 86.1 Å². The zero-order valence-electron chi connectivity index (χ0n) is 39.9. The van der Waals surface area contributed by atoms with Gasteiger partial charge in [-0.3, -0.25) is 38.5 Å². The minimum absolute atomic E-state index is 0.0716. The Balaban J connectivity index is 1.82. The first-order valence-corrected chi connectivity index (χ1v) is 22.2. The van der Waals surface area contributed by atoms with Crippen LogP contribution in [-0.2, 0) is 78.4 Å². The van der Waals surface area contributed by atoms with Gasteiger partial charge in [0.15, 0.2) is 30.0 Å². The molecule has 0 radical (unpaired) electrons. The van der Waals surface area contributed by atoms with Gasteiger partial charge in [-0.25, -0.2) is 9.59 Å². The second-order valence-electron chi connectivity index (χ2n) is 19.0. The summed E-state index contributed by atoms with van der Waals surface area (Å²) in [6, 6.07) is 3.68. The van der Waals surface area contributed by atoms with Crippen LogP contribution in [0.5, 0.6) is 0 Å². The Bertz CT molecular complexity index is 2450. The lowest BCUT2D eigenvalue weighted by molar-refractivity contribution is -0.386. The predicted octanol–water partition coefficient (Wildman–Crippen LogP) is 2.30. The van der Waals surface area contributed by atoms with E-state index in [1.807, 2.05) is 0 Å². The zero-order valence-corrected chi connectivity index (χ0v) is 39.9. The molecule has 2 unspecified atom stereocenters. The van der Waals surface area contributed by atoms with E-state index in [-0.39, 0.29) is 16.7 Å². The van der Waals surface area contributed by atoms with Crippen molar-refractivity contribution in [2.45, 2.75) is 136 Å². The lowest BCUT2D eigenvalue weighted by atomic mass is 9.45. The lowest BCUT2D eigenvalue weighted by Gasteiger charge is -2.67. The minimum atomic E-state index is -2.95. The number of nitrogens with zero attached hydrogens (tertiary/aromatic N) is 2. The third-order valence-corrected chi connectivity index (χ3v) is 13.6. The molecule has 13 atom stereocenters. The van der Waals surface area contributed by atoms with Crippen molar-refractivity contribution in [3.63, 3.8) is 0 Å². The van der Waals surface area contributed by atoms with Crippen LogP contribution < -0.4 is 5.56 Å². The molecule has 2 aliphatic carbocycles. The van der Waals surface area contributed by atoms with Gasteiger partial charge in [0.25, 0.3) is 0 Å². The van der Waals surface area contributed by atoms with E-state index >= 15 is 0 Å². The molecule has 370 valence electrons. The number of aryl methyl sites for hydroxylation is 1. The molecule has 1 spiro atoms. The molecule has 2 aromatic heterocycles. The van der Waals surface area contributed by atoms with Gasteiger partial charge in [0.05, 0.1) is 34.8 Å². The van der Waals surface area contributed by atoms with Crippen LogP contribution in [-0.4, -0.2) is 129 Å². The number of aromatic nitrogens is 2. The summed E-state index contributed by atoms with van der Waals surface area (Å²) in [6.45, 7) is 12.5. The molecule has 68 heavy (non-hydrogen) atoms. The quantitative estimate of drug-likeness (QED) is 0.264. The molecule has 21 heteroatoms. The van der Waals surface area contributed by atoms with E-state index in [9.17, 15) is 48.3 Å². The molecule has 0 amide bonds. The average molecular weight is 955 g/mol. The van der Waals surface area contributed by atoms with Crippen LogP contribution in [0.2, 0.25) is 0 Å². The lowest BCUT2D eigenvalue weighted by Crippen LogP contribution is -2.89. The summed E-state index contributed by atoms with van der Waals surface area (Å²) < 4.78 is 57.7. The van der Waals surface area contributed by atoms with Gasteiger partial charge in [0.2, 0.25) is 5.56 Å². The molecular formula is C47H58N2O19. The maximum atomic E-state index is 14.8. The number of esters is 8. The van der Waals surface area contributed by atoms with Crippen LogP contribution in [0.1, 0.15) is 108 Å². The third-order valence-electron chi connectivity index (χ3n) is 13.6. The number of ether oxygens (including phenoxy) is 9. The van der Waals surface area contributed by atoms with E-state index in [1.54, 1.807) is 6.92 Å². The van der Waals surface area contributed by atoms with E-state index in [1.165, 1.54) is 67.1 Å². The summed E-state index contributed by atoms with van der Waals surface area (Å²) in [7, 11) is 1.35. The fourth-order valence-electron chi connectivity index (χ4n) is 10.2. The number of hydrogen-bond acceptors (Lipinski definition) is 20. The van der Waals surface area contributed by atoms with Gasteiger partial charge in [0, 0.05) is 52.5 Å².